The van der Waals surface area contributed by atoms with Crippen molar-refractivity contribution in [3.05, 3.63) is 41.8 Å². The molecule has 4 nitrogen and oxygen atoms in total. The van der Waals surface area contributed by atoms with E-state index in [9.17, 15) is 9.50 Å². The lowest BCUT2D eigenvalue weighted by Crippen LogP contribution is -2.53. The van der Waals surface area contributed by atoms with Gasteiger partial charge in [-0.25, -0.2) is 4.39 Å². The van der Waals surface area contributed by atoms with Gasteiger partial charge >= 0.3 is 0 Å². The van der Waals surface area contributed by atoms with E-state index in [0.717, 1.165) is 43.8 Å². The Morgan fingerprint density at radius 2 is 2.17 bits per heavy atom. The Labute approximate surface area is 136 Å². The molecule has 2 aromatic rings. The highest BCUT2D eigenvalue weighted by atomic mass is 19.1. The molecule has 1 saturated heterocycles. The number of rotatable bonds is 4. The number of nitrogens with zero attached hydrogens (tertiary/aromatic N) is 3. The topological polar surface area (TPSA) is 39.6 Å². The van der Waals surface area contributed by atoms with Crippen molar-refractivity contribution in [2.24, 2.45) is 0 Å². The fourth-order valence-corrected chi connectivity index (χ4v) is 3.39. The zero-order valence-electron chi connectivity index (χ0n) is 13.7. The monoisotopic (exact) mass is 317 g/mol. The first-order valence-electron chi connectivity index (χ1n) is 8.21. The molecule has 0 aliphatic carbocycles. The van der Waals surface area contributed by atoms with E-state index in [-0.39, 0.29) is 11.9 Å². The molecule has 0 radical (unpaired) electrons. The molecule has 1 aromatic heterocycles. The van der Waals surface area contributed by atoms with Gasteiger partial charge in [0.15, 0.2) is 0 Å². The maximum atomic E-state index is 13.9. The summed E-state index contributed by atoms with van der Waals surface area (Å²) in [6.07, 6.45) is 1.42. The molecule has 0 amide bonds. The average molecular weight is 317 g/mol. The van der Waals surface area contributed by atoms with Gasteiger partial charge in [0.25, 0.3) is 0 Å². The normalized spacial score (nSPS) is 21.7. The Morgan fingerprint density at radius 1 is 1.35 bits per heavy atom. The Hall–Kier alpha value is -1.56. The van der Waals surface area contributed by atoms with Crippen molar-refractivity contribution in [3.8, 4) is 0 Å². The number of fused-ring (bicyclic) bond motifs is 1. The SMILES string of the molecule is C[C@@H](O)CN1CCN(Cc2ccc(F)c3cccnc23)C[C@@H]1C. The molecule has 2 atom stereocenters. The second-order valence-corrected chi connectivity index (χ2v) is 6.53. The standard InChI is InChI=1S/C18H24FN3O/c1-13-10-21(8-9-22(13)11-14(2)23)12-15-5-6-17(19)16-4-3-7-20-18(15)16/h3-7,13-14,23H,8-12H2,1-2H3/t13-,14+/m0/s1. The molecule has 0 bridgehead atoms. The number of piperazine rings is 1. The van der Waals surface area contributed by atoms with Crippen molar-refractivity contribution < 1.29 is 9.50 Å². The number of pyridine rings is 1. The first-order chi connectivity index (χ1) is 11.0. The predicted molar refractivity (Wildman–Crippen MR) is 89.7 cm³/mol. The molecular weight excluding hydrogens is 293 g/mol. The molecule has 0 spiro atoms. The zero-order valence-corrected chi connectivity index (χ0v) is 13.7. The lowest BCUT2D eigenvalue weighted by Gasteiger charge is -2.40. The third kappa shape index (κ3) is 3.68. The number of hydrogen-bond acceptors (Lipinski definition) is 4. The van der Waals surface area contributed by atoms with Crippen LogP contribution in [0.4, 0.5) is 4.39 Å². The Morgan fingerprint density at radius 3 is 2.91 bits per heavy atom. The zero-order chi connectivity index (χ0) is 16.4. The first-order valence-corrected chi connectivity index (χ1v) is 8.21. The molecule has 5 heteroatoms. The van der Waals surface area contributed by atoms with Gasteiger partial charge in [-0.3, -0.25) is 14.8 Å². The molecule has 3 rings (SSSR count). The summed E-state index contributed by atoms with van der Waals surface area (Å²) in [4.78, 5) is 9.07. The molecule has 0 unspecified atom stereocenters. The summed E-state index contributed by atoms with van der Waals surface area (Å²) in [7, 11) is 0. The number of β-amino-alcohol motifs (C(OH)–C–C–N with tert-alkyl or cyclic N) is 1. The highest BCUT2D eigenvalue weighted by Crippen LogP contribution is 2.22. The van der Waals surface area contributed by atoms with Gasteiger partial charge in [-0.15, -0.1) is 0 Å². The molecule has 1 aliphatic rings. The maximum absolute atomic E-state index is 13.9. The molecule has 124 valence electrons. The Kier molecular flexibility index (Phi) is 4.90. The number of benzene rings is 1. The van der Waals surface area contributed by atoms with Crippen LogP contribution in [0.1, 0.15) is 19.4 Å². The molecule has 0 saturated carbocycles. The van der Waals surface area contributed by atoms with Crippen LogP contribution in [-0.2, 0) is 6.54 Å². The summed E-state index contributed by atoms with van der Waals surface area (Å²) in [5.74, 6) is -0.216. The second kappa shape index (κ2) is 6.91. The second-order valence-electron chi connectivity index (χ2n) is 6.53. The summed E-state index contributed by atoms with van der Waals surface area (Å²) < 4.78 is 13.9. The van der Waals surface area contributed by atoms with Crippen LogP contribution in [0.25, 0.3) is 10.9 Å². The highest BCUT2D eigenvalue weighted by molar-refractivity contribution is 5.82. The summed E-state index contributed by atoms with van der Waals surface area (Å²) in [6, 6.07) is 7.33. The van der Waals surface area contributed by atoms with E-state index < -0.39 is 0 Å². The van der Waals surface area contributed by atoms with Crippen molar-refractivity contribution >= 4 is 10.9 Å². The van der Waals surface area contributed by atoms with Gasteiger partial charge in [0.05, 0.1) is 11.6 Å². The van der Waals surface area contributed by atoms with Crippen LogP contribution >= 0.6 is 0 Å². The summed E-state index contributed by atoms with van der Waals surface area (Å²) in [5, 5.41) is 10.2. The fourth-order valence-electron chi connectivity index (χ4n) is 3.39. The van der Waals surface area contributed by atoms with Gasteiger partial charge in [-0.2, -0.15) is 0 Å². The summed E-state index contributed by atoms with van der Waals surface area (Å²) in [5.41, 5.74) is 1.82. The third-order valence-electron chi connectivity index (χ3n) is 4.54. The fraction of sp³-hybridized carbons (Fsp3) is 0.500. The van der Waals surface area contributed by atoms with E-state index in [1.54, 1.807) is 18.3 Å². The minimum absolute atomic E-state index is 0.216. The molecule has 2 heterocycles. The van der Waals surface area contributed by atoms with Crippen LogP contribution in [0.15, 0.2) is 30.5 Å². The molecule has 1 aliphatic heterocycles. The smallest absolute Gasteiger partial charge is 0.132 e. The minimum Gasteiger partial charge on any atom is -0.392 e. The van der Waals surface area contributed by atoms with Crippen LogP contribution in [0.5, 0.6) is 0 Å². The van der Waals surface area contributed by atoms with Gasteiger partial charge in [0, 0.05) is 50.3 Å². The van der Waals surface area contributed by atoms with Crippen molar-refractivity contribution in [3.63, 3.8) is 0 Å². The average Bonchev–Trinajstić information content (AvgIpc) is 2.53. The largest absolute Gasteiger partial charge is 0.392 e. The van der Waals surface area contributed by atoms with Crippen LogP contribution in [0, 0.1) is 5.82 Å². The van der Waals surface area contributed by atoms with Gasteiger partial charge in [-0.1, -0.05) is 6.07 Å². The number of hydrogen-bond donors (Lipinski definition) is 1. The minimum atomic E-state index is -0.297. The van der Waals surface area contributed by atoms with Crippen molar-refractivity contribution in [1.29, 1.82) is 0 Å². The number of aliphatic hydroxyl groups excluding tert-OH is 1. The van der Waals surface area contributed by atoms with E-state index in [4.69, 9.17) is 0 Å². The van der Waals surface area contributed by atoms with Gasteiger partial charge in [-0.05, 0) is 37.6 Å². The summed E-state index contributed by atoms with van der Waals surface area (Å²) in [6.45, 7) is 8.35. The van der Waals surface area contributed by atoms with Crippen molar-refractivity contribution in [1.82, 2.24) is 14.8 Å². The van der Waals surface area contributed by atoms with Gasteiger partial charge in [0.2, 0.25) is 0 Å². The predicted octanol–water partition coefficient (Wildman–Crippen LogP) is 2.26. The van der Waals surface area contributed by atoms with Crippen molar-refractivity contribution in [2.45, 2.75) is 32.5 Å². The van der Waals surface area contributed by atoms with Crippen LogP contribution in [-0.4, -0.2) is 58.2 Å². The summed E-state index contributed by atoms with van der Waals surface area (Å²) >= 11 is 0. The van der Waals surface area contributed by atoms with Crippen LogP contribution in [0.3, 0.4) is 0 Å². The van der Waals surface area contributed by atoms with E-state index >= 15 is 0 Å². The third-order valence-corrected chi connectivity index (χ3v) is 4.54. The van der Waals surface area contributed by atoms with Crippen LogP contribution < -0.4 is 0 Å². The maximum Gasteiger partial charge on any atom is 0.132 e. The number of aromatic nitrogens is 1. The number of halogens is 1. The Balaban J connectivity index is 1.73. The van der Waals surface area contributed by atoms with E-state index in [2.05, 4.69) is 21.7 Å². The molecular formula is C18H24FN3O. The molecule has 23 heavy (non-hydrogen) atoms. The quantitative estimate of drug-likeness (QED) is 0.939. The lowest BCUT2D eigenvalue weighted by atomic mass is 10.1. The van der Waals surface area contributed by atoms with E-state index in [0.29, 0.717) is 11.4 Å². The van der Waals surface area contributed by atoms with Gasteiger partial charge in [0.1, 0.15) is 5.82 Å². The van der Waals surface area contributed by atoms with E-state index in [1.165, 1.54) is 6.07 Å². The number of aliphatic hydroxyl groups is 1. The highest BCUT2D eigenvalue weighted by Gasteiger charge is 2.24. The molecule has 1 fully saturated rings. The first kappa shape index (κ1) is 16.3. The van der Waals surface area contributed by atoms with Gasteiger partial charge < -0.3 is 5.11 Å². The lowest BCUT2D eigenvalue weighted by molar-refractivity contribution is 0.0424. The Bertz CT molecular complexity index is 676. The van der Waals surface area contributed by atoms with E-state index in [1.807, 2.05) is 13.0 Å². The van der Waals surface area contributed by atoms with Crippen molar-refractivity contribution in [2.75, 3.05) is 26.2 Å². The molecule has 1 aromatic carbocycles. The molecule has 1 N–H and O–H groups in total. The van der Waals surface area contributed by atoms with Crippen LogP contribution in [0.2, 0.25) is 0 Å².